The molecule has 2 heterocycles. The Hall–Kier alpha value is -2.90. The molecule has 0 amide bonds. The van der Waals surface area contributed by atoms with Crippen molar-refractivity contribution in [1.82, 2.24) is 25.2 Å². The highest BCUT2D eigenvalue weighted by atomic mass is 19.2. The first kappa shape index (κ1) is 16.0. The molecule has 6 nitrogen and oxygen atoms in total. The average molecular weight is 330 g/mol. The van der Waals surface area contributed by atoms with Crippen LogP contribution in [0.3, 0.4) is 0 Å². The Morgan fingerprint density at radius 2 is 1.88 bits per heavy atom. The Bertz CT molecular complexity index is 869. The third kappa shape index (κ3) is 3.08. The molecule has 3 rings (SSSR count). The van der Waals surface area contributed by atoms with Gasteiger partial charge in [0.05, 0.1) is 5.56 Å². The van der Waals surface area contributed by atoms with Gasteiger partial charge in [0.15, 0.2) is 23.3 Å². The molecule has 0 bridgehead atoms. The van der Waals surface area contributed by atoms with E-state index in [1.807, 2.05) is 20.8 Å². The van der Waals surface area contributed by atoms with E-state index in [9.17, 15) is 8.78 Å². The van der Waals surface area contributed by atoms with Crippen LogP contribution >= 0.6 is 0 Å². The second-order valence-electron chi connectivity index (χ2n) is 6.26. The maximum atomic E-state index is 14.1. The van der Waals surface area contributed by atoms with E-state index in [1.54, 1.807) is 18.3 Å². The number of nitrogens with zero attached hydrogens (tertiary/aromatic N) is 5. The topological polar surface area (TPSA) is 68.5 Å². The summed E-state index contributed by atoms with van der Waals surface area (Å²) >= 11 is 0. The normalized spacial score (nSPS) is 11.5. The van der Waals surface area contributed by atoms with E-state index in [-0.39, 0.29) is 16.9 Å². The van der Waals surface area contributed by atoms with Gasteiger partial charge in [-0.2, -0.15) is 4.68 Å². The summed E-state index contributed by atoms with van der Waals surface area (Å²) in [4.78, 5) is 4.30. The fraction of sp³-hybridized carbons (Fsp3) is 0.250. The Morgan fingerprint density at radius 1 is 1.08 bits per heavy atom. The maximum Gasteiger partial charge on any atom is 0.190 e. The third-order valence-corrected chi connectivity index (χ3v) is 3.17. The van der Waals surface area contributed by atoms with Crippen molar-refractivity contribution in [3.05, 3.63) is 48.2 Å². The molecule has 0 saturated carbocycles. The van der Waals surface area contributed by atoms with Crippen LogP contribution in [0.15, 0.2) is 36.5 Å². The van der Waals surface area contributed by atoms with E-state index in [4.69, 9.17) is 0 Å². The molecule has 0 aliphatic heterocycles. The minimum Gasteiger partial charge on any atom is -0.364 e. The van der Waals surface area contributed by atoms with Gasteiger partial charge in [0.25, 0.3) is 0 Å². The quantitative estimate of drug-likeness (QED) is 0.798. The molecule has 0 aliphatic carbocycles. The lowest BCUT2D eigenvalue weighted by Crippen LogP contribution is -2.27. The summed E-state index contributed by atoms with van der Waals surface area (Å²) < 4.78 is 29.0. The summed E-state index contributed by atoms with van der Waals surface area (Å²) in [5, 5.41) is 14.6. The predicted molar refractivity (Wildman–Crippen MR) is 85.7 cm³/mol. The molecule has 8 heteroatoms. The zero-order valence-corrected chi connectivity index (χ0v) is 13.5. The Kier molecular flexibility index (Phi) is 3.96. The Labute approximate surface area is 137 Å². The minimum atomic E-state index is -0.997. The fourth-order valence-electron chi connectivity index (χ4n) is 2.21. The summed E-state index contributed by atoms with van der Waals surface area (Å²) in [6, 6.07) is 7.34. The summed E-state index contributed by atoms with van der Waals surface area (Å²) in [5.74, 6) is -1.32. The van der Waals surface area contributed by atoms with E-state index in [1.165, 1.54) is 16.8 Å². The van der Waals surface area contributed by atoms with E-state index >= 15 is 0 Å². The monoisotopic (exact) mass is 330 g/mol. The van der Waals surface area contributed by atoms with Gasteiger partial charge in [-0.3, -0.25) is 0 Å². The van der Waals surface area contributed by atoms with Gasteiger partial charge in [-0.05, 0) is 55.5 Å². The second-order valence-corrected chi connectivity index (χ2v) is 6.26. The van der Waals surface area contributed by atoms with Crippen molar-refractivity contribution in [2.75, 3.05) is 5.32 Å². The van der Waals surface area contributed by atoms with Gasteiger partial charge in [0.1, 0.15) is 5.69 Å². The highest BCUT2D eigenvalue weighted by Crippen LogP contribution is 2.27. The molecule has 124 valence electrons. The highest BCUT2D eigenvalue weighted by Gasteiger charge is 2.21. The molecule has 0 spiro atoms. The van der Waals surface area contributed by atoms with Crippen LogP contribution in [0.4, 0.5) is 14.6 Å². The molecule has 0 unspecified atom stereocenters. The van der Waals surface area contributed by atoms with Crippen LogP contribution in [0.5, 0.6) is 0 Å². The van der Waals surface area contributed by atoms with Crippen LogP contribution in [0.2, 0.25) is 0 Å². The van der Waals surface area contributed by atoms with Crippen LogP contribution in [0.25, 0.3) is 17.1 Å². The molecular formula is C16H16F2N6. The summed E-state index contributed by atoms with van der Waals surface area (Å²) in [7, 11) is 0. The van der Waals surface area contributed by atoms with Gasteiger partial charge in [-0.15, -0.1) is 5.10 Å². The van der Waals surface area contributed by atoms with Gasteiger partial charge in [0.2, 0.25) is 0 Å². The minimum absolute atomic E-state index is 0.0226. The van der Waals surface area contributed by atoms with Crippen molar-refractivity contribution in [1.29, 1.82) is 0 Å². The Balaban J connectivity index is 2.14. The van der Waals surface area contributed by atoms with Crippen molar-refractivity contribution >= 4 is 5.82 Å². The van der Waals surface area contributed by atoms with Crippen molar-refractivity contribution in [2.45, 2.75) is 26.3 Å². The van der Waals surface area contributed by atoms with Crippen LogP contribution in [-0.2, 0) is 0 Å². The predicted octanol–water partition coefficient (Wildman–Crippen LogP) is 3.21. The molecule has 2 aromatic heterocycles. The number of nitrogens with one attached hydrogen (secondary N) is 1. The number of aromatic nitrogens is 5. The number of tetrazole rings is 1. The standard InChI is InChI=1S/C16H16F2N6/c1-16(2,3)20-14-12(8-5-9-19-14)24-15(21-22-23-24)10-6-4-7-11(17)13(10)18/h4-9H,1-3H3,(H,19,20). The molecule has 0 saturated heterocycles. The van der Waals surface area contributed by atoms with Crippen molar-refractivity contribution in [2.24, 2.45) is 0 Å². The van der Waals surface area contributed by atoms with Crippen molar-refractivity contribution < 1.29 is 8.78 Å². The van der Waals surface area contributed by atoms with Crippen LogP contribution in [-0.4, -0.2) is 30.7 Å². The summed E-state index contributed by atoms with van der Waals surface area (Å²) in [5.41, 5.74) is 0.267. The van der Waals surface area contributed by atoms with Crippen LogP contribution < -0.4 is 5.32 Å². The molecule has 1 N–H and O–H groups in total. The largest absolute Gasteiger partial charge is 0.364 e. The van der Waals surface area contributed by atoms with E-state index in [0.29, 0.717) is 11.5 Å². The molecule has 24 heavy (non-hydrogen) atoms. The molecule has 0 radical (unpaired) electrons. The van der Waals surface area contributed by atoms with E-state index in [0.717, 1.165) is 6.07 Å². The number of hydrogen-bond acceptors (Lipinski definition) is 5. The number of rotatable bonds is 3. The van der Waals surface area contributed by atoms with Crippen LogP contribution in [0, 0.1) is 11.6 Å². The molecule has 1 aromatic carbocycles. The zero-order valence-electron chi connectivity index (χ0n) is 13.5. The SMILES string of the molecule is CC(C)(C)Nc1ncccc1-n1nnnc1-c1cccc(F)c1F. The van der Waals surface area contributed by atoms with Crippen molar-refractivity contribution in [3.8, 4) is 17.1 Å². The highest BCUT2D eigenvalue weighted by molar-refractivity contribution is 5.63. The second kappa shape index (κ2) is 5.95. The van der Waals surface area contributed by atoms with Crippen molar-refractivity contribution in [3.63, 3.8) is 0 Å². The molecule has 0 fully saturated rings. The summed E-state index contributed by atoms with van der Waals surface area (Å²) in [6.07, 6.45) is 1.63. The van der Waals surface area contributed by atoms with Gasteiger partial charge < -0.3 is 5.32 Å². The third-order valence-electron chi connectivity index (χ3n) is 3.17. The van der Waals surface area contributed by atoms with Gasteiger partial charge in [0, 0.05) is 11.7 Å². The first-order chi connectivity index (χ1) is 11.4. The average Bonchev–Trinajstić information content (AvgIpc) is 2.98. The number of pyridine rings is 1. The number of benzene rings is 1. The first-order valence-electron chi connectivity index (χ1n) is 7.33. The lowest BCUT2D eigenvalue weighted by Gasteiger charge is -2.23. The number of hydrogen-bond donors (Lipinski definition) is 1. The smallest absolute Gasteiger partial charge is 0.190 e. The molecular weight excluding hydrogens is 314 g/mol. The summed E-state index contributed by atoms with van der Waals surface area (Å²) in [6.45, 7) is 5.95. The van der Waals surface area contributed by atoms with E-state index < -0.39 is 11.6 Å². The van der Waals surface area contributed by atoms with Gasteiger partial charge in [-0.1, -0.05) is 6.07 Å². The molecule has 3 aromatic rings. The number of anilines is 1. The lowest BCUT2D eigenvalue weighted by molar-refractivity contribution is 0.510. The molecule has 0 aliphatic rings. The van der Waals surface area contributed by atoms with Crippen LogP contribution in [0.1, 0.15) is 20.8 Å². The number of halogens is 2. The van der Waals surface area contributed by atoms with E-state index in [2.05, 4.69) is 25.8 Å². The first-order valence-corrected chi connectivity index (χ1v) is 7.33. The Morgan fingerprint density at radius 3 is 2.62 bits per heavy atom. The van der Waals surface area contributed by atoms with Gasteiger partial charge >= 0.3 is 0 Å². The fourth-order valence-corrected chi connectivity index (χ4v) is 2.21. The lowest BCUT2D eigenvalue weighted by atomic mass is 10.1. The van der Waals surface area contributed by atoms with Gasteiger partial charge in [-0.25, -0.2) is 13.8 Å². The zero-order chi connectivity index (χ0) is 17.3. The maximum absolute atomic E-state index is 14.1. The molecule has 0 atom stereocenters.